The van der Waals surface area contributed by atoms with Crippen molar-refractivity contribution in [3.8, 4) is 0 Å². The molecular formula is C56H101NO5. The molecule has 0 aliphatic heterocycles. The lowest BCUT2D eigenvalue weighted by Crippen LogP contribution is -2.46. The molecule has 62 heavy (non-hydrogen) atoms. The van der Waals surface area contributed by atoms with E-state index >= 15 is 0 Å². The van der Waals surface area contributed by atoms with Gasteiger partial charge in [-0.05, 0) is 96.3 Å². The Kier molecular flexibility index (Phi) is 47.6. The van der Waals surface area contributed by atoms with E-state index in [4.69, 9.17) is 4.74 Å². The topological polar surface area (TPSA) is 95.9 Å². The number of unbranched alkanes of at least 4 members (excludes halogenated alkanes) is 25. The number of allylic oxidation sites excluding steroid dienone is 10. The van der Waals surface area contributed by atoms with Gasteiger partial charge in [-0.1, -0.05) is 210 Å². The Morgan fingerprint density at radius 3 is 1.31 bits per heavy atom. The fourth-order valence-electron chi connectivity index (χ4n) is 7.76. The first kappa shape index (κ1) is 59.6. The lowest BCUT2D eigenvalue weighted by atomic mass is 10.0. The van der Waals surface area contributed by atoms with Gasteiger partial charge in [0, 0.05) is 6.42 Å². The number of aliphatic hydroxyl groups excluding tert-OH is 2. The quantitative estimate of drug-likeness (QED) is 0.0322. The minimum Gasteiger partial charge on any atom is -0.462 e. The van der Waals surface area contributed by atoms with Gasteiger partial charge in [-0.2, -0.15) is 0 Å². The molecule has 0 rings (SSSR count). The third-order valence-electron chi connectivity index (χ3n) is 11.8. The van der Waals surface area contributed by atoms with E-state index in [1.54, 1.807) is 0 Å². The summed E-state index contributed by atoms with van der Waals surface area (Å²) in [6.07, 6.45) is 61.4. The van der Waals surface area contributed by atoms with Gasteiger partial charge in [0.15, 0.2) is 0 Å². The number of ether oxygens (including phenoxy) is 1. The van der Waals surface area contributed by atoms with Gasteiger partial charge in [0.2, 0.25) is 5.91 Å². The minimum absolute atomic E-state index is 0.0532. The third-order valence-corrected chi connectivity index (χ3v) is 11.8. The second-order valence-electron chi connectivity index (χ2n) is 17.9. The molecule has 6 heteroatoms. The van der Waals surface area contributed by atoms with Crippen LogP contribution in [0.3, 0.4) is 0 Å². The van der Waals surface area contributed by atoms with Gasteiger partial charge in [-0.15, -0.1) is 0 Å². The van der Waals surface area contributed by atoms with Gasteiger partial charge in [0.1, 0.15) is 6.10 Å². The van der Waals surface area contributed by atoms with Crippen LogP contribution in [-0.2, 0) is 14.3 Å². The highest BCUT2D eigenvalue weighted by Gasteiger charge is 2.24. The number of aliphatic hydroxyl groups is 2. The maximum atomic E-state index is 13.2. The zero-order valence-electron chi connectivity index (χ0n) is 41.0. The zero-order chi connectivity index (χ0) is 45.2. The summed E-state index contributed by atoms with van der Waals surface area (Å²) in [4.78, 5) is 26.1. The second-order valence-corrected chi connectivity index (χ2v) is 17.9. The molecule has 0 aromatic heterocycles. The average molecular weight is 868 g/mol. The van der Waals surface area contributed by atoms with Gasteiger partial charge in [0.05, 0.1) is 25.2 Å². The van der Waals surface area contributed by atoms with Crippen LogP contribution in [0.2, 0.25) is 0 Å². The molecular weight excluding hydrogens is 767 g/mol. The van der Waals surface area contributed by atoms with Gasteiger partial charge in [-0.3, -0.25) is 9.59 Å². The molecule has 0 aliphatic rings. The first-order chi connectivity index (χ1) is 30.5. The van der Waals surface area contributed by atoms with Crippen LogP contribution in [0.25, 0.3) is 0 Å². The van der Waals surface area contributed by atoms with Crippen molar-refractivity contribution in [1.82, 2.24) is 5.32 Å². The molecule has 6 nitrogen and oxygen atoms in total. The molecule has 0 aromatic rings. The monoisotopic (exact) mass is 868 g/mol. The molecule has 360 valence electrons. The fourth-order valence-corrected chi connectivity index (χ4v) is 7.76. The van der Waals surface area contributed by atoms with Gasteiger partial charge in [0.25, 0.3) is 0 Å². The van der Waals surface area contributed by atoms with Crippen LogP contribution >= 0.6 is 0 Å². The summed E-state index contributed by atoms with van der Waals surface area (Å²) < 4.78 is 5.92. The van der Waals surface area contributed by atoms with E-state index in [2.05, 4.69) is 86.8 Å². The number of carbonyl (C=O) groups excluding carboxylic acids is 2. The van der Waals surface area contributed by atoms with Crippen LogP contribution in [-0.4, -0.2) is 46.9 Å². The Balaban J connectivity index is 4.64. The van der Waals surface area contributed by atoms with Crippen LogP contribution in [0.1, 0.15) is 258 Å². The SMILES string of the molecule is CCCCC/C=C\C/C=C\C/C=C\C/C=C\CCCCCC(=O)OC(CCCCC/C=C/CCCCCCCCC)CC(=O)NC(CO)C(O)CCCCCCCCCCCC. The number of nitrogens with one attached hydrogen (secondary N) is 1. The maximum Gasteiger partial charge on any atom is 0.306 e. The van der Waals surface area contributed by atoms with Crippen LogP contribution in [0.5, 0.6) is 0 Å². The summed E-state index contributed by atoms with van der Waals surface area (Å²) in [6.45, 7) is 6.43. The van der Waals surface area contributed by atoms with E-state index in [-0.39, 0.29) is 24.9 Å². The maximum absolute atomic E-state index is 13.2. The highest BCUT2D eigenvalue weighted by Crippen LogP contribution is 2.17. The molecule has 0 radical (unpaired) electrons. The number of carbonyl (C=O) groups is 2. The van der Waals surface area contributed by atoms with Crippen molar-refractivity contribution in [3.05, 3.63) is 60.8 Å². The van der Waals surface area contributed by atoms with Gasteiger partial charge in [-0.25, -0.2) is 0 Å². The summed E-state index contributed by atoms with van der Waals surface area (Å²) in [5.74, 6) is -0.523. The van der Waals surface area contributed by atoms with Crippen LogP contribution in [0.15, 0.2) is 60.8 Å². The predicted molar refractivity (Wildman–Crippen MR) is 268 cm³/mol. The molecule has 0 fully saturated rings. The van der Waals surface area contributed by atoms with Crippen molar-refractivity contribution in [3.63, 3.8) is 0 Å². The molecule has 0 bridgehead atoms. The van der Waals surface area contributed by atoms with E-state index in [1.807, 2.05) is 0 Å². The number of amides is 1. The number of rotatable bonds is 47. The van der Waals surface area contributed by atoms with Gasteiger partial charge < -0.3 is 20.3 Å². The Morgan fingerprint density at radius 1 is 0.468 bits per heavy atom. The predicted octanol–water partition coefficient (Wildman–Crippen LogP) is 16.0. The third kappa shape index (κ3) is 44.2. The first-order valence-corrected chi connectivity index (χ1v) is 26.5. The van der Waals surface area contributed by atoms with Crippen LogP contribution < -0.4 is 5.32 Å². The fraction of sp³-hybridized carbons (Fsp3) is 0.786. The van der Waals surface area contributed by atoms with Crippen molar-refractivity contribution in [2.75, 3.05) is 6.61 Å². The molecule has 0 saturated carbocycles. The highest BCUT2D eigenvalue weighted by molar-refractivity contribution is 5.77. The van der Waals surface area contributed by atoms with Crippen molar-refractivity contribution in [2.24, 2.45) is 0 Å². The summed E-state index contributed by atoms with van der Waals surface area (Å²) in [7, 11) is 0. The molecule has 0 aromatic carbocycles. The summed E-state index contributed by atoms with van der Waals surface area (Å²) in [5.41, 5.74) is 0. The molecule has 3 atom stereocenters. The van der Waals surface area contributed by atoms with Gasteiger partial charge >= 0.3 is 5.97 Å². The van der Waals surface area contributed by atoms with Crippen LogP contribution in [0.4, 0.5) is 0 Å². The molecule has 0 aliphatic carbocycles. The number of hydrogen-bond donors (Lipinski definition) is 3. The van der Waals surface area contributed by atoms with Crippen LogP contribution in [0, 0.1) is 0 Å². The van der Waals surface area contributed by atoms with E-state index < -0.39 is 18.2 Å². The smallest absolute Gasteiger partial charge is 0.306 e. The zero-order valence-corrected chi connectivity index (χ0v) is 41.0. The van der Waals surface area contributed by atoms with Crippen molar-refractivity contribution < 1.29 is 24.5 Å². The van der Waals surface area contributed by atoms with Crippen molar-refractivity contribution in [2.45, 2.75) is 277 Å². The standard InChI is InChI=1S/C56H101NO5/c1-4-7-10-13-16-19-22-24-26-27-28-29-30-32-34-37-40-43-46-49-56(61)62-52(47-44-41-38-35-33-31-25-23-20-17-14-11-8-5-2)50-55(60)57-53(51-58)54(59)48-45-42-39-36-21-18-15-12-9-6-3/h16,19,24,26,28-29,31-34,52-54,58-59H,4-15,17-18,20-23,25,27,30,35-51H2,1-3H3,(H,57,60)/b19-16-,26-24-,29-28-,33-31+,34-32-. The highest BCUT2D eigenvalue weighted by atomic mass is 16.5. The second kappa shape index (κ2) is 49.6. The van der Waals surface area contributed by atoms with E-state index in [1.165, 1.54) is 116 Å². The van der Waals surface area contributed by atoms with E-state index in [9.17, 15) is 19.8 Å². The lowest BCUT2D eigenvalue weighted by Gasteiger charge is -2.24. The largest absolute Gasteiger partial charge is 0.462 e. The van der Waals surface area contributed by atoms with Crippen molar-refractivity contribution in [1.29, 1.82) is 0 Å². The number of esters is 1. The molecule has 0 saturated heterocycles. The lowest BCUT2D eigenvalue weighted by molar-refractivity contribution is -0.151. The minimum atomic E-state index is -0.797. The Hall–Kier alpha value is -2.44. The average Bonchev–Trinajstić information content (AvgIpc) is 3.26. The van der Waals surface area contributed by atoms with E-state index in [0.717, 1.165) is 96.3 Å². The normalized spacial score (nSPS) is 13.7. The summed E-state index contributed by atoms with van der Waals surface area (Å²) in [6, 6.07) is -0.713. The summed E-state index contributed by atoms with van der Waals surface area (Å²) in [5, 5.41) is 23.7. The van der Waals surface area contributed by atoms with E-state index in [0.29, 0.717) is 19.3 Å². The molecule has 0 heterocycles. The number of hydrogen-bond acceptors (Lipinski definition) is 5. The van der Waals surface area contributed by atoms with Crippen molar-refractivity contribution >= 4 is 11.9 Å². The molecule has 1 amide bonds. The Labute approximate surface area is 384 Å². The molecule has 0 spiro atoms. The Bertz CT molecular complexity index is 1110. The molecule has 3 unspecified atom stereocenters. The molecule has 3 N–H and O–H groups in total. The first-order valence-electron chi connectivity index (χ1n) is 26.5. The summed E-state index contributed by atoms with van der Waals surface area (Å²) >= 11 is 0. The Morgan fingerprint density at radius 2 is 0.823 bits per heavy atom.